The van der Waals surface area contributed by atoms with E-state index < -0.39 is 17.9 Å². The average molecular weight is 386 g/mol. The number of nitrogens with zero attached hydrogens (tertiary/aromatic N) is 3. The molecule has 2 aromatic heterocycles. The Labute approximate surface area is 160 Å². The number of halogens is 1. The van der Waals surface area contributed by atoms with Crippen molar-refractivity contribution in [2.75, 3.05) is 0 Å². The van der Waals surface area contributed by atoms with E-state index in [0.717, 1.165) is 5.56 Å². The quantitative estimate of drug-likeness (QED) is 0.642. The lowest BCUT2D eigenvalue weighted by Gasteiger charge is -2.13. The normalized spacial score (nSPS) is 12.0. The zero-order chi connectivity index (χ0) is 20.3. The summed E-state index contributed by atoms with van der Waals surface area (Å²) < 4.78 is 19.9. The van der Waals surface area contributed by atoms with E-state index in [4.69, 9.17) is 4.42 Å². The van der Waals surface area contributed by atoms with Crippen molar-refractivity contribution < 1.29 is 23.5 Å². The third-order valence-corrected chi connectivity index (χ3v) is 4.16. The maximum absolute atomic E-state index is 13.0. The molecule has 9 heteroatoms. The second-order valence-corrected chi connectivity index (χ2v) is 6.40. The summed E-state index contributed by atoms with van der Waals surface area (Å²) in [4.78, 5) is 28.0. The summed E-state index contributed by atoms with van der Waals surface area (Å²) in [5.41, 5.74) is 2.38. The topological polar surface area (TPSA) is 110 Å². The molecule has 0 saturated carbocycles. The minimum absolute atomic E-state index is 0.125. The Morgan fingerprint density at radius 2 is 2.04 bits per heavy atom. The molecule has 0 aliphatic heterocycles. The van der Waals surface area contributed by atoms with Gasteiger partial charge in [0.1, 0.15) is 18.1 Å². The first kappa shape index (κ1) is 19.3. The standard InChI is InChI=1S/C19H19FN4O4/c1-11-13(9-24(2)23-11)7-16(19(26)27)22-17(25)8-15-10-28-18(21-15)12-3-5-14(20)6-4-12/h3-6,9-10,16H,7-8H2,1-2H3,(H,22,25)(H,26,27). The molecule has 0 saturated heterocycles. The predicted octanol–water partition coefficient (Wildman–Crippen LogP) is 1.88. The van der Waals surface area contributed by atoms with Gasteiger partial charge in [0.2, 0.25) is 11.8 Å². The van der Waals surface area contributed by atoms with Crippen molar-refractivity contribution in [1.82, 2.24) is 20.1 Å². The molecule has 8 nitrogen and oxygen atoms in total. The molecule has 0 fully saturated rings. The van der Waals surface area contributed by atoms with Crippen LogP contribution < -0.4 is 5.32 Å². The van der Waals surface area contributed by atoms with Gasteiger partial charge >= 0.3 is 5.97 Å². The van der Waals surface area contributed by atoms with E-state index in [1.54, 1.807) is 24.9 Å². The average Bonchev–Trinajstić information content (AvgIpc) is 3.21. The van der Waals surface area contributed by atoms with Crippen LogP contribution in [0.2, 0.25) is 0 Å². The van der Waals surface area contributed by atoms with Crippen LogP contribution in [0.5, 0.6) is 0 Å². The van der Waals surface area contributed by atoms with Crippen LogP contribution in [0.25, 0.3) is 11.5 Å². The Kier molecular flexibility index (Phi) is 5.53. The first-order valence-corrected chi connectivity index (χ1v) is 8.53. The lowest BCUT2D eigenvalue weighted by Crippen LogP contribution is -2.43. The molecule has 2 N–H and O–H groups in total. The van der Waals surface area contributed by atoms with Gasteiger partial charge in [-0.2, -0.15) is 5.10 Å². The van der Waals surface area contributed by atoms with Crippen LogP contribution in [0.15, 0.2) is 41.1 Å². The molecule has 1 amide bonds. The highest BCUT2D eigenvalue weighted by Gasteiger charge is 2.23. The van der Waals surface area contributed by atoms with E-state index in [1.807, 2.05) is 0 Å². The number of nitrogens with one attached hydrogen (secondary N) is 1. The number of hydrogen-bond donors (Lipinski definition) is 2. The number of oxazole rings is 1. The number of carboxylic acid groups (broad SMARTS) is 1. The third-order valence-electron chi connectivity index (χ3n) is 4.16. The zero-order valence-electron chi connectivity index (χ0n) is 15.3. The number of hydrogen-bond acceptors (Lipinski definition) is 5. The van der Waals surface area contributed by atoms with E-state index >= 15 is 0 Å². The van der Waals surface area contributed by atoms with Crippen LogP contribution >= 0.6 is 0 Å². The third kappa shape index (κ3) is 4.61. The highest BCUT2D eigenvalue weighted by Crippen LogP contribution is 2.19. The van der Waals surface area contributed by atoms with Gasteiger partial charge in [-0.15, -0.1) is 0 Å². The fraction of sp³-hybridized carbons (Fsp3) is 0.263. The van der Waals surface area contributed by atoms with Crippen LogP contribution in [0.3, 0.4) is 0 Å². The number of carbonyl (C=O) groups excluding carboxylic acids is 1. The fourth-order valence-corrected chi connectivity index (χ4v) is 2.79. The molecule has 146 valence electrons. The molecule has 2 heterocycles. The van der Waals surface area contributed by atoms with Crippen LogP contribution in [0, 0.1) is 12.7 Å². The summed E-state index contributed by atoms with van der Waals surface area (Å²) >= 11 is 0. The summed E-state index contributed by atoms with van der Waals surface area (Å²) in [6.45, 7) is 1.78. The molecule has 1 atom stereocenters. The van der Waals surface area contributed by atoms with E-state index in [1.165, 1.54) is 30.5 Å². The molecular weight excluding hydrogens is 367 g/mol. The number of aryl methyl sites for hydroxylation is 2. The van der Waals surface area contributed by atoms with Crippen molar-refractivity contribution in [3.63, 3.8) is 0 Å². The van der Waals surface area contributed by atoms with Crippen molar-refractivity contribution in [2.24, 2.45) is 7.05 Å². The fourth-order valence-electron chi connectivity index (χ4n) is 2.79. The van der Waals surface area contributed by atoms with Crippen molar-refractivity contribution in [2.45, 2.75) is 25.8 Å². The maximum atomic E-state index is 13.0. The second kappa shape index (κ2) is 8.03. The first-order valence-electron chi connectivity index (χ1n) is 8.53. The van der Waals surface area contributed by atoms with Gasteiger partial charge in [0.05, 0.1) is 17.8 Å². The number of aliphatic carboxylic acids is 1. The minimum atomic E-state index is -1.14. The lowest BCUT2D eigenvalue weighted by molar-refractivity contribution is -0.141. The van der Waals surface area contributed by atoms with Gasteiger partial charge in [-0.1, -0.05) is 0 Å². The monoisotopic (exact) mass is 386 g/mol. The van der Waals surface area contributed by atoms with Gasteiger partial charge in [0.15, 0.2) is 0 Å². The van der Waals surface area contributed by atoms with Crippen molar-refractivity contribution >= 4 is 11.9 Å². The minimum Gasteiger partial charge on any atom is -0.480 e. The molecule has 28 heavy (non-hydrogen) atoms. The van der Waals surface area contributed by atoms with Crippen LogP contribution in [0.4, 0.5) is 4.39 Å². The Morgan fingerprint density at radius 1 is 1.32 bits per heavy atom. The van der Waals surface area contributed by atoms with Gasteiger partial charge in [-0.3, -0.25) is 9.48 Å². The van der Waals surface area contributed by atoms with E-state index in [9.17, 15) is 19.1 Å². The van der Waals surface area contributed by atoms with Crippen molar-refractivity contribution in [3.05, 3.63) is 59.5 Å². The van der Waals surface area contributed by atoms with E-state index in [-0.39, 0.29) is 24.5 Å². The van der Waals surface area contributed by atoms with E-state index in [0.29, 0.717) is 17.0 Å². The number of carbonyl (C=O) groups is 2. The molecule has 3 aromatic rings. The summed E-state index contributed by atoms with van der Waals surface area (Å²) in [6, 6.07) is 4.51. The Bertz CT molecular complexity index is 994. The van der Waals surface area contributed by atoms with Gasteiger partial charge in [0, 0.05) is 25.2 Å². The van der Waals surface area contributed by atoms with Gasteiger partial charge < -0.3 is 14.8 Å². The van der Waals surface area contributed by atoms with E-state index in [2.05, 4.69) is 15.4 Å². The maximum Gasteiger partial charge on any atom is 0.326 e. The molecule has 1 unspecified atom stereocenters. The Hall–Kier alpha value is -3.49. The van der Waals surface area contributed by atoms with Crippen LogP contribution in [-0.4, -0.2) is 37.8 Å². The Morgan fingerprint density at radius 3 is 2.64 bits per heavy atom. The molecule has 0 spiro atoms. The SMILES string of the molecule is Cc1nn(C)cc1CC(NC(=O)Cc1coc(-c2ccc(F)cc2)n1)C(=O)O. The van der Waals surface area contributed by atoms with Gasteiger partial charge in [0.25, 0.3) is 0 Å². The lowest BCUT2D eigenvalue weighted by atomic mass is 10.1. The molecule has 3 rings (SSSR count). The summed E-state index contributed by atoms with van der Waals surface area (Å²) in [5.74, 6) is -1.75. The Balaban J connectivity index is 1.64. The summed E-state index contributed by atoms with van der Waals surface area (Å²) in [7, 11) is 1.74. The van der Waals surface area contributed by atoms with Crippen LogP contribution in [-0.2, 0) is 29.5 Å². The number of carboxylic acids is 1. The largest absolute Gasteiger partial charge is 0.480 e. The molecule has 0 bridgehead atoms. The summed E-state index contributed by atoms with van der Waals surface area (Å²) in [5, 5.41) is 16.1. The number of rotatable bonds is 7. The van der Waals surface area contributed by atoms with Crippen LogP contribution in [0.1, 0.15) is 17.0 Å². The predicted molar refractivity (Wildman–Crippen MR) is 96.8 cm³/mol. The molecular formula is C19H19FN4O4. The number of aromatic nitrogens is 3. The second-order valence-electron chi connectivity index (χ2n) is 6.40. The molecule has 0 aliphatic rings. The number of benzene rings is 1. The number of amides is 1. The van der Waals surface area contributed by atoms with Gasteiger partial charge in [-0.25, -0.2) is 14.2 Å². The zero-order valence-corrected chi connectivity index (χ0v) is 15.3. The molecule has 0 radical (unpaired) electrons. The van der Waals surface area contributed by atoms with Crippen molar-refractivity contribution in [1.29, 1.82) is 0 Å². The molecule has 0 aliphatic carbocycles. The smallest absolute Gasteiger partial charge is 0.326 e. The van der Waals surface area contributed by atoms with Gasteiger partial charge in [-0.05, 0) is 36.8 Å². The molecule has 1 aromatic carbocycles. The highest BCUT2D eigenvalue weighted by atomic mass is 19.1. The summed E-state index contributed by atoms with van der Waals surface area (Å²) in [6.07, 6.45) is 3.03. The highest BCUT2D eigenvalue weighted by molar-refractivity contribution is 5.84. The first-order chi connectivity index (χ1) is 13.3. The van der Waals surface area contributed by atoms with Crippen molar-refractivity contribution in [3.8, 4) is 11.5 Å².